The van der Waals surface area contributed by atoms with E-state index in [9.17, 15) is 4.79 Å². The molecule has 6 nitrogen and oxygen atoms in total. The van der Waals surface area contributed by atoms with E-state index in [1.165, 1.54) is 11.3 Å². The Balaban J connectivity index is 1.63. The van der Waals surface area contributed by atoms with Crippen LogP contribution in [0.2, 0.25) is 5.15 Å². The zero-order valence-corrected chi connectivity index (χ0v) is 15.9. The van der Waals surface area contributed by atoms with Crippen LogP contribution in [0.3, 0.4) is 0 Å². The van der Waals surface area contributed by atoms with Gasteiger partial charge in [-0.1, -0.05) is 29.8 Å². The number of H-pyrrole nitrogens is 1. The third-order valence-corrected chi connectivity index (χ3v) is 5.21. The average molecular weight is 385 g/mol. The lowest BCUT2D eigenvalue weighted by atomic mass is 10.1. The Morgan fingerprint density at radius 3 is 2.78 bits per heavy atom. The molecule has 0 atom stereocenters. The summed E-state index contributed by atoms with van der Waals surface area (Å²) >= 11 is 6.17. The van der Waals surface area contributed by atoms with Gasteiger partial charge >= 0.3 is 0 Å². The molecular formula is C20H21ClN4O2. The van der Waals surface area contributed by atoms with Gasteiger partial charge in [0, 0.05) is 43.4 Å². The molecule has 2 aromatic carbocycles. The highest BCUT2D eigenvalue weighted by atomic mass is 35.5. The SMILES string of the molecule is CN(Cc1ccccc1N1CCOCC1)c1ccc2c(=O)[nH]nc(Cl)c2c1. The number of rotatable bonds is 4. The van der Waals surface area contributed by atoms with E-state index >= 15 is 0 Å². The van der Waals surface area contributed by atoms with E-state index in [0.29, 0.717) is 15.9 Å². The van der Waals surface area contributed by atoms with Crippen LogP contribution in [-0.2, 0) is 11.3 Å². The molecule has 2 heterocycles. The molecule has 0 unspecified atom stereocenters. The van der Waals surface area contributed by atoms with Crippen molar-refractivity contribution in [2.75, 3.05) is 43.2 Å². The van der Waals surface area contributed by atoms with Crippen LogP contribution in [-0.4, -0.2) is 43.5 Å². The molecule has 1 saturated heterocycles. The van der Waals surface area contributed by atoms with Gasteiger partial charge in [0.05, 0.1) is 18.6 Å². The summed E-state index contributed by atoms with van der Waals surface area (Å²) in [6.45, 7) is 4.07. The largest absolute Gasteiger partial charge is 0.378 e. The molecule has 7 heteroatoms. The maximum Gasteiger partial charge on any atom is 0.272 e. The van der Waals surface area contributed by atoms with Crippen molar-refractivity contribution < 1.29 is 4.74 Å². The Kier molecular flexibility index (Phi) is 5.01. The minimum atomic E-state index is -0.235. The van der Waals surface area contributed by atoms with Gasteiger partial charge in [-0.2, -0.15) is 5.10 Å². The number of ether oxygens (including phenoxy) is 1. The van der Waals surface area contributed by atoms with E-state index in [2.05, 4.69) is 44.3 Å². The zero-order chi connectivity index (χ0) is 18.8. The van der Waals surface area contributed by atoms with Gasteiger partial charge in [0.2, 0.25) is 0 Å². The molecule has 0 bridgehead atoms. The van der Waals surface area contributed by atoms with Crippen LogP contribution in [0, 0.1) is 0 Å². The van der Waals surface area contributed by atoms with E-state index in [1.807, 2.05) is 19.2 Å². The first kappa shape index (κ1) is 17.8. The Hall–Kier alpha value is -2.57. The maximum absolute atomic E-state index is 11.9. The van der Waals surface area contributed by atoms with Gasteiger partial charge in [-0.3, -0.25) is 4.79 Å². The van der Waals surface area contributed by atoms with Gasteiger partial charge in [0.1, 0.15) is 0 Å². The predicted molar refractivity (Wildman–Crippen MR) is 109 cm³/mol. The molecule has 0 spiro atoms. The zero-order valence-electron chi connectivity index (χ0n) is 15.1. The molecule has 3 aromatic rings. The van der Waals surface area contributed by atoms with Crippen molar-refractivity contribution in [3.8, 4) is 0 Å². The van der Waals surface area contributed by atoms with E-state index in [-0.39, 0.29) is 5.56 Å². The molecule has 140 valence electrons. The highest BCUT2D eigenvalue weighted by Crippen LogP contribution is 2.27. The van der Waals surface area contributed by atoms with E-state index in [4.69, 9.17) is 16.3 Å². The molecule has 1 fully saturated rings. The van der Waals surface area contributed by atoms with Gasteiger partial charge in [-0.25, -0.2) is 5.10 Å². The Morgan fingerprint density at radius 1 is 1.19 bits per heavy atom. The Bertz CT molecular complexity index is 1010. The lowest BCUT2D eigenvalue weighted by Gasteiger charge is -2.31. The predicted octanol–water partition coefficient (Wildman–Crippen LogP) is 3.05. The highest BCUT2D eigenvalue weighted by Gasteiger charge is 2.16. The van der Waals surface area contributed by atoms with Crippen LogP contribution in [0.25, 0.3) is 10.8 Å². The number of hydrogen-bond acceptors (Lipinski definition) is 5. The summed E-state index contributed by atoms with van der Waals surface area (Å²) in [7, 11) is 2.03. The number of para-hydroxylation sites is 1. The number of anilines is 2. The smallest absolute Gasteiger partial charge is 0.272 e. The quantitative estimate of drug-likeness (QED) is 0.749. The van der Waals surface area contributed by atoms with E-state index in [1.54, 1.807) is 6.07 Å². The second kappa shape index (κ2) is 7.58. The summed E-state index contributed by atoms with van der Waals surface area (Å²) < 4.78 is 5.47. The Labute approximate surface area is 162 Å². The van der Waals surface area contributed by atoms with Crippen LogP contribution in [0.5, 0.6) is 0 Å². The van der Waals surface area contributed by atoms with Crippen molar-refractivity contribution in [3.05, 3.63) is 63.5 Å². The monoisotopic (exact) mass is 384 g/mol. The van der Waals surface area contributed by atoms with Crippen molar-refractivity contribution in [1.29, 1.82) is 0 Å². The van der Waals surface area contributed by atoms with Crippen molar-refractivity contribution in [1.82, 2.24) is 10.2 Å². The van der Waals surface area contributed by atoms with Crippen LogP contribution < -0.4 is 15.4 Å². The molecular weight excluding hydrogens is 364 g/mol. The number of morpholine rings is 1. The number of benzene rings is 2. The average Bonchev–Trinajstić information content (AvgIpc) is 2.71. The first-order valence-electron chi connectivity index (χ1n) is 8.93. The number of nitrogens with one attached hydrogen (secondary N) is 1. The summed E-state index contributed by atoms with van der Waals surface area (Å²) in [5, 5.41) is 7.77. The fraction of sp³-hybridized carbons (Fsp3) is 0.300. The van der Waals surface area contributed by atoms with E-state index < -0.39 is 0 Å². The first-order chi connectivity index (χ1) is 13.1. The van der Waals surface area contributed by atoms with Crippen molar-refractivity contribution in [2.24, 2.45) is 0 Å². The number of hydrogen-bond donors (Lipinski definition) is 1. The molecule has 27 heavy (non-hydrogen) atoms. The number of nitrogens with zero attached hydrogens (tertiary/aromatic N) is 3. The van der Waals surface area contributed by atoms with E-state index in [0.717, 1.165) is 38.5 Å². The van der Waals surface area contributed by atoms with Crippen LogP contribution >= 0.6 is 11.6 Å². The molecule has 1 aliphatic rings. The van der Waals surface area contributed by atoms with Crippen molar-refractivity contribution >= 4 is 33.7 Å². The summed E-state index contributed by atoms with van der Waals surface area (Å²) in [6, 6.07) is 14.1. The third kappa shape index (κ3) is 3.63. The fourth-order valence-corrected chi connectivity index (χ4v) is 3.66. The van der Waals surface area contributed by atoms with Gasteiger partial charge in [0.25, 0.3) is 5.56 Å². The van der Waals surface area contributed by atoms with Gasteiger partial charge in [-0.15, -0.1) is 0 Å². The number of aromatic amines is 1. The molecule has 1 aromatic heterocycles. The second-order valence-electron chi connectivity index (χ2n) is 6.66. The minimum Gasteiger partial charge on any atom is -0.378 e. The fourth-order valence-electron chi connectivity index (χ4n) is 3.46. The topological polar surface area (TPSA) is 61.5 Å². The summed E-state index contributed by atoms with van der Waals surface area (Å²) in [6.07, 6.45) is 0. The molecule has 0 aliphatic carbocycles. The van der Waals surface area contributed by atoms with Gasteiger partial charge < -0.3 is 14.5 Å². The molecule has 0 radical (unpaired) electrons. The summed E-state index contributed by atoms with van der Waals surface area (Å²) in [5.41, 5.74) is 3.23. The maximum atomic E-state index is 11.9. The summed E-state index contributed by atoms with van der Waals surface area (Å²) in [5.74, 6) is 0. The number of aromatic nitrogens is 2. The molecule has 1 aliphatic heterocycles. The Morgan fingerprint density at radius 2 is 1.96 bits per heavy atom. The van der Waals surface area contributed by atoms with Crippen molar-refractivity contribution in [3.63, 3.8) is 0 Å². The standard InChI is InChI=1S/C20H21ClN4O2/c1-24(15-6-7-16-17(12-15)19(21)22-23-20(16)26)13-14-4-2-3-5-18(14)25-8-10-27-11-9-25/h2-7,12H,8-11,13H2,1H3,(H,23,26). The first-order valence-corrected chi connectivity index (χ1v) is 9.31. The van der Waals surface area contributed by atoms with Crippen LogP contribution in [0.1, 0.15) is 5.56 Å². The normalized spacial score (nSPS) is 14.5. The minimum absolute atomic E-state index is 0.235. The van der Waals surface area contributed by atoms with Crippen LogP contribution in [0.15, 0.2) is 47.3 Å². The van der Waals surface area contributed by atoms with Crippen molar-refractivity contribution in [2.45, 2.75) is 6.54 Å². The lowest BCUT2D eigenvalue weighted by Crippen LogP contribution is -2.37. The third-order valence-electron chi connectivity index (χ3n) is 4.92. The molecule has 4 rings (SSSR count). The second-order valence-corrected chi connectivity index (χ2v) is 7.02. The van der Waals surface area contributed by atoms with Crippen LogP contribution in [0.4, 0.5) is 11.4 Å². The summed E-state index contributed by atoms with van der Waals surface area (Å²) in [4.78, 5) is 16.4. The molecule has 0 amide bonds. The van der Waals surface area contributed by atoms with Gasteiger partial charge in [-0.05, 0) is 29.8 Å². The number of halogens is 1. The lowest BCUT2D eigenvalue weighted by molar-refractivity contribution is 0.122. The van der Waals surface area contributed by atoms with Gasteiger partial charge in [0.15, 0.2) is 5.15 Å². The highest BCUT2D eigenvalue weighted by molar-refractivity contribution is 6.34. The molecule has 1 N–H and O–H groups in total. The molecule has 0 saturated carbocycles. The number of fused-ring (bicyclic) bond motifs is 1.